The highest BCUT2D eigenvalue weighted by atomic mass is 16.3. The number of carbonyl (C=O) groups is 2. The lowest BCUT2D eigenvalue weighted by atomic mass is 10.0. The highest BCUT2D eigenvalue weighted by Gasteiger charge is 2.20. The van der Waals surface area contributed by atoms with Crippen molar-refractivity contribution >= 4 is 28.3 Å². The monoisotopic (exact) mass is 342 g/mol. The molecule has 2 aromatic rings. The van der Waals surface area contributed by atoms with Gasteiger partial charge in [0.25, 0.3) is 5.91 Å². The van der Waals surface area contributed by atoms with Crippen molar-refractivity contribution in [3.63, 3.8) is 0 Å². The van der Waals surface area contributed by atoms with Gasteiger partial charge >= 0.3 is 0 Å². The van der Waals surface area contributed by atoms with Crippen molar-refractivity contribution in [2.75, 3.05) is 11.9 Å². The molecule has 5 heteroatoms. The van der Waals surface area contributed by atoms with Gasteiger partial charge in [-0.3, -0.25) is 9.59 Å². The number of benzene rings is 2. The van der Waals surface area contributed by atoms with Crippen LogP contribution in [-0.2, 0) is 4.79 Å². The molecule has 25 heavy (non-hydrogen) atoms. The summed E-state index contributed by atoms with van der Waals surface area (Å²) in [6.07, 6.45) is 0. The van der Waals surface area contributed by atoms with E-state index in [2.05, 4.69) is 10.6 Å². The molecule has 2 amide bonds. The van der Waals surface area contributed by atoms with Crippen molar-refractivity contribution in [3.8, 4) is 0 Å². The predicted molar refractivity (Wildman–Crippen MR) is 101 cm³/mol. The van der Waals surface area contributed by atoms with Crippen molar-refractivity contribution < 1.29 is 14.7 Å². The van der Waals surface area contributed by atoms with E-state index < -0.39 is 0 Å². The third kappa shape index (κ3) is 4.57. The first-order chi connectivity index (χ1) is 11.8. The quantitative estimate of drug-likeness (QED) is 0.754. The van der Waals surface area contributed by atoms with Gasteiger partial charge in [-0.2, -0.15) is 0 Å². The summed E-state index contributed by atoms with van der Waals surface area (Å²) in [6, 6.07) is 11.1. The van der Waals surface area contributed by atoms with Crippen molar-refractivity contribution in [3.05, 3.63) is 42.0 Å². The van der Waals surface area contributed by atoms with Crippen LogP contribution in [0.15, 0.2) is 36.4 Å². The maximum absolute atomic E-state index is 12.7. The van der Waals surface area contributed by atoms with Gasteiger partial charge in [-0.1, -0.05) is 45.0 Å². The Kier molecular flexibility index (Phi) is 6.15. The number of carbonyl (C=O) groups excluding carboxylic acids is 2. The molecule has 3 N–H and O–H groups in total. The van der Waals surface area contributed by atoms with Crippen LogP contribution in [0.3, 0.4) is 0 Å². The van der Waals surface area contributed by atoms with Crippen molar-refractivity contribution in [1.29, 1.82) is 0 Å². The van der Waals surface area contributed by atoms with E-state index >= 15 is 0 Å². The van der Waals surface area contributed by atoms with Gasteiger partial charge in [-0.05, 0) is 35.7 Å². The molecule has 0 spiro atoms. The van der Waals surface area contributed by atoms with Crippen molar-refractivity contribution in [2.45, 2.75) is 33.7 Å². The Morgan fingerprint density at radius 3 is 2.20 bits per heavy atom. The van der Waals surface area contributed by atoms with Crippen LogP contribution in [0.2, 0.25) is 0 Å². The summed E-state index contributed by atoms with van der Waals surface area (Å²) >= 11 is 0. The molecule has 0 aliphatic carbocycles. The summed E-state index contributed by atoms with van der Waals surface area (Å²) in [7, 11) is 0. The van der Waals surface area contributed by atoms with Crippen LogP contribution in [0.4, 0.5) is 5.69 Å². The maximum Gasteiger partial charge on any atom is 0.253 e. The summed E-state index contributed by atoms with van der Waals surface area (Å²) in [5.41, 5.74) is 0.920. The highest BCUT2D eigenvalue weighted by molar-refractivity contribution is 6.08. The molecule has 0 aliphatic rings. The van der Waals surface area contributed by atoms with E-state index in [1.165, 1.54) is 0 Å². The van der Waals surface area contributed by atoms with Crippen LogP contribution in [0.5, 0.6) is 0 Å². The Balaban J connectivity index is 2.40. The standard InChI is InChI=1S/C20H26N2O3/c1-12(2)19(24)22-18-10-16-8-6-5-7-15(16)9-17(18)20(25)21-14(4)13(3)11-23/h5-10,12-14,23H,11H2,1-4H3,(H,21,25)(H,22,24). The van der Waals surface area contributed by atoms with E-state index in [9.17, 15) is 14.7 Å². The molecule has 5 nitrogen and oxygen atoms in total. The lowest BCUT2D eigenvalue weighted by Gasteiger charge is -2.21. The van der Waals surface area contributed by atoms with Crippen LogP contribution in [0.1, 0.15) is 38.1 Å². The zero-order chi connectivity index (χ0) is 18.6. The lowest BCUT2D eigenvalue weighted by Crippen LogP contribution is -2.38. The molecule has 0 saturated carbocycles. The molecule has 2 aromatic carbocycles. The van der Waals surface area contributed by atoms with Crippen LogP contribution in [-0.4, -0.2) is 29.6 Å². The van der Waals surface area contributed by atoms with Gasteiger partial charge in [-0.15, -0.1) is 0 Å². The van der Waals surface area contributed by atoms with Gasteiger partial charge in [0.1, 0.15) is 0 Å². The van der Waals surface area contributed by atoms with E-state index in [0.29, 0.717) is 11.3 Å². The third-order valence-electron chi connectivity index (χ3n) is 4.41. The molecule has 2 atom stereocenters. The predicted octanol–water partition coefficient (Wildman–Crippen LogP) is 3.18. The number of fused-ring (bicyclic) bond motifs is 1. The van der Waals surface area contributed by atoms with Gasteiger partial charge in [0, 0.05) is 18.6 Å². The molecule has 0 fully saturated rings. The number of aliphatic hydroxyl groups excluding tert-OH is 1. The summed E-state index contributed by atoms with van der Waals surface area (Å²) < 4.78 is 0. The Morgan fingerprint density at radius 1 is 1.04 bits per heavy atom. The number of anilines is 1. The zero-order valence-corrected chi connectivity index (χ0v) is 15.2. The number of amides is 2. The molecule has 0 saturated heterocycles. The molecule has 2 rings (SSSR count). The van der Waals surface area contributed by atoms with Crippen LogP contribution < -0.4 is 10.6 Å². The van der Waals surface area contributed by atoms with Crippen LogP contribution in [0.25, 0.3) is 10.8 Å². The maximum atomic E-state index is 12.7. The molecule has 0 radical (unpaired) electrons. The molecular weight excluding hydrogens is 316 g/mol. The Labute approximate surface area is 148 Å². The minimum Gasteiger partial charge on any atom is -0.396 e. The van der Waals surface area contributed by atoms with Crippen LogP contribution in [0, 0.1) is 11.8 Å². The number of hydrogen-bond donors (Lipinski definition) is 3. The van der Waals surface area contributed by atoms with Gasteiger partial charge in [0.2, 0.25) is 5.91 Å². The van der Waals surface area contributed by atoms with Crippen LogP contribution >= 0.6 is 0 Å². The molecule has 0 aromatic heterocycles. The van der Waals surface area contributed by atoms with E-state index in [4.69, 9.17) is 0 Å². The Morgan fingerprint density at radius 2 is 1.64 bits per heavy atom. The highest BCUT2D eigenvalue weighted by Crippen LogP contribution is 2.25. The SMILES string of the molecule is CC(C)C(=O)Nc1cc2ccccc2cc1C(=O)NC(C)C(C)CO. The normalized spacial score (nSPS) is 13.5. The second-order valence-electron chi connectivity index (χ2n) is 6.81. The molecular formula is C20H26N2O3. The number of rotatable bonds is 6. The summed E-state index contributed by atoms with van der Waals surface area (Å²) in [5.74, 6) is -0.646. The van der Waals surface area contributed by atoms with E-state index in [0.717, 1.165) is 10.8 Å². The fourth-order valence-electron chi connectivity index (χ4n) is 2.39. The third-order valence-corrected chi connectivity index (χ3v) is 4.41. The first-order valence-corrected chi connectivity index (χ1v) is 8.58. The van der Waals surface area contributed by atoms with Gasteiger partial charge in [-0.25, -0.2) is 0 Å². The minimum absolute atomic E-state index is 0.00386. The fourth-order valence-corrected chi connectivity index (χ4v) is 2.39. The number of aliphatic hydroxyl groups is 1. The second kappa shape index (κ2) is 8.12. The van der Waals surface area contributed by atoms with E-state index in [-0.39, 0.29) is 36.3 Å². The van der Waals surface area contributed by atoms with Gasteiger partial charge in [0.15, 0.2) is 0 Å². The molecule has 0 bridgehead atoms. The van der Waals surface area contributed by atoms with Crippen molar-refractivity contribution in [2.24, 2.45) is 11.8 Å². The first-order valence-electron chi connectivity index (χ1n) is 8.58. The fraction of sp³-hybridized carbons (Fsp3) is 0.400. The smallest absolute Gasteiger partial charge is 0.253 e. The average molecular weight is 342 g/mol. The summed E-state index contributed by atoms with van der Waals surface area (Å²) in [6.45, 7) is 7.33. The first kappa shape index (κ1) is 18.9. The minimum atomic E-state index is -0.266. The Bertz CT molecular complexity index is 771. The molecule has 0 aliphatic heterocycles. The van der Waals surface area contributed by atoms with E-state index in [1.54, 1.807) is 19.9 Å². The lowest BCUT2D eigenvalue weighted by molar-refractivity contribution is -0.118. The zero-order valence-electron chi connectivity index (χ0n) is 15.2. The summed E-state index contributed by atoms with van der Waals surface area (Å²) in [5, 5.41) is 16.9. The topological polar surface area (TPSA) is 78.4 Å². The number of hydrogen-bond acceptors (Lipinski definition) is 3. The van der Waals surface area contributed by atoms with Gasteiger partial charge in [0.05, 0.1) is 11.3 Å². The summed E-state index contributed by atoms with van der Waals surface area (Å²) in [4.78, 5) is 24.9. The Hall–Kier alpha value is -2.40. The molecule has 134 valence electrons. The molecule has 0 heterocycles. The molecule has 2 unspecified atom stereocenters. The average Bonchev–Trinajstić information content (AvgIpc) is 2.59. The van der Waals surface area contributed by atoms with Gasteiger partial charge < -0.3 is 15.7 Å². The largest absolute Gasteiger partial charge is 0.396 e. The second-order valence-corrected chi connectivity index (χ2v) is 6.81. The van der Waals surface area contributed by atoms with Crippen molar-refractivity contribution in [1.82, 2.24) is 5.32 Å². The number of nitrogens with one attached hydrogen (secondary N) is 2. The van der Waals surface area contributed by atoms with E-state index in [1.807, 2.05) is 44.2 Å².